The van der Waals surface area contributed by atoms with Crippen LogP contribution in [0.5, 0.6) is 0 Å². The van der Waals surface area contributed by atoms with Crippen molar-refractivity contribution in [3.05, 3.63) is 53.9 Å². The Morgan fingerprint density at radius 1 is 1.16 bits per heavy atom. The maximum atomic E-state index is 14.6. The number of carboxylic acid groups (broad SMARTS) is 1. The van der Waals surface area contributed by atoms with Gasteiger partial charge >= 0.3 is 5.97 Å². The highest BCUT2D eigenvalue weighted by Crippen LogP contribution is 2.27. The average molecular weight is 428 g/mol. The number of aliphatic carboxylic acids is 1. The molecule has 9 heteroatoms. The molecule has 1 atom stereocenters. The molecule has 2 aliphatic heterocycles. The molecule has 3 heterocycles. The van der Waals surface area contributed by atoms with Gasteiger partial charge in [-0.15, -0.1) is 0 Å². The summed E-state index contributed by atoms with van der Waals surface area (Å²) in [5.41, 5.74) is 1.86. The fourth-order valence-electron chi connectivity index (χ4n) is 3.97. The van der Waals surface area contributed by atoms with Crippen molar-refractivity contribution in [2.75, 3.05) is 32.7 Å². The molecule has 2 aromatic rings. The Kier molecular flexibility index (Phi) is 6.03. The Balaban J connectivity index is 1.38. The third-order valence-corrected chi connectivity index (χ3v) is 5.74. The zero-order chi connectivity index (χ0) is 22.0. The molecule has 1 N–H and O–H groups in total. The van der Waals surface area contributed by atoms with Crippen LogP contribution in [0.1, 0.15) is 18.4 Å². The number of carbonyl (C=O) groups is 2. The third-order valence-electron chi connectivity index (χ3n) is 5.74. The number of nitrogens with zero attached hydrogens (tertiary/aromatic N) is 4. The highest BCUT2D eigenvalue weighted by atomic mass is 19.1. The molecule has 0 aliphatic carbocycles. The van der Waals surface area contributed by atoms with Crippen LogP contribution in [0, 0.1) is 17.6 Å². The van der Waals surface area contributed by atoms with Crippen LogP contribution in [-0.2, 0) is 9.59 Å². The summed E-state index contributed by atoms with van der Waals surface area (Å²) in [6.07, 6.45) is 5.06. The number of rotatable bonds is 5. The van der Waals surface area contributed by atoms with Gasteiger partial charge in [-0.05, 0) is 42.7 Å². The number of likely N-dealkylation sites (tertiary alicyclic amines) is 1. The molecule has 1 aromatic heterocycles. The second kappa shape index (κ2) is 8.89. The molecular formula is C22H22F2N4O3. The Morgan fingerprint density at radius 2 is 1.94 bits per heavy atom. The third kappa shape index (κ3) is 4.77. The predicted octanol–water partition coefficient (Wildman–Crippen LogP) is 2.44. The van der Waals surface area contributed by atoms with E-state index in [1.807, 2.05) is 11.0 Å². The van der Waals surface area contributed by atoms with Crippen LogP contribution in [0.2, 0.25) is 0 Å². The van der Waals surface area contributed by atoms with Crippen molar-refractivity contribution in [3.63, 3.8) is 0 Å². The highest BCUT2D eigenvalue weighted by Gasteiger charge is 2.30. The van der Waals surface area contributed by atoms with Crippen molar-refractivity contribution < 1.29 is 23.5 Å². The smallest absolute Gasteiger partial charge is 0.307 e. The normalized spacial score (nSPS) is 19.4. The van der Waals surface area contributed by atoms with Crippen molar-refractivity contribution >= 4 is 17.4 Å². The second-order valence-electron chi connectivity index (χ2n) is 7.80. The Bertz CT molecular complexity index is 1030. The van der Waals surface area contributed by atoms with Gasteiger partial charge in [-0.25, -0.2) is 18.7 Å². The molecule has 1 aromatic carbocycles. The van der Waals surface area contributed by atoms with Gasteiger partial charge < -0.3 is 10.0 Å². The van der Waals surface area contributed by atoms with Gasteiger partial charge in [-0.2, -0.15) is 0 Å². The first-order valence-electron chi connectivity index (χ1n) is 10.1. The zero-order valence-electron chi connectivity index (χ0n) is 16.8. The Morgan fingerprint density at radius 3 is 2.55 bits per heavy atom. The number of hydrogen-bond acceptors (Lipinski definition) is 5. The van der Waals surface area contributed by atoms with E-state index in [4.69, 9.17) is 5.11 Å². The summed E-state index contributed by atoms with van der Waals surface area (Å²) in [6, 6.07) is 4.74. The molecule has 0 saturated carbocycles. The van der Waals surface area contributed by atoms with E-state index in [9.17, 15) is 18.4 Å². The quantitative estimate of drug-likeness (QED) is 0.787. The minimum absolute atomic E-state index is 0.0312. The summed E-state index contributed by atoms with van der Waals surface area (Å²) in [6.45, 7) is 2.18. The number of aromatic nitrogens is 2. The Hall–Kier alpha value is -3.20. The van der Waals surface area contributed by atoms with Crippen LogP contribution in [0.3, 0.4) is 0 Å². The number of hydrogen-bond donors (Lipinski definition) is 1. The lowest BCUT2D eigenvalue weighted by molar-refractivity contribution is -0.141. The SMILES string of the molecule is O=C(O)C1CCN(CC(=O)N2CC=C(c3ccc(-c4ncc(F)cn4)c(F)c3)CC2)C1. The van der Waals surface area contributed by atoms with E-state index in [2.05, 4.69) is 9.97 Å². The summed E-state index contributed by atoms with van der Waals surface area (Å²) in [5, 5.41) is 9.09. The van der Waals surface area contributed by atoms with Crippen LogP contribution in [-0.4, -0.2) is 69.5 Å². The van der Waals surface area contributed by atoms with Crippen LogP contribution < -0.4 is 0 Å². The molecule has 31 heavy (non-hydrogen) atoms. The molecule has 162 valence electrons. The van der Waals surface area contributed by atoms with E-state index in [1.165, 1.54) is 6.07 Å². The number of halogens is 2. The van der Waals surface area contributed by atoms with E-state index in [1.54, 1.807) is 17.0 Å². The number of carboxylic acids is 1. The monoisotopic (exact) mass is 428 g/mol. The van der Waals surface area contributed by atoms with Gasteiger partial charge in [0.15, 0.2) is 11.6 Å². The molecule has 7 nitrogen and oxygen atoms in total. The van der Waals surface area contributed by atoms with Crippen LogP contribution in [0.4, 0.5) is 8.78 Å². The largest absolute Gasteiger partial charge is 0.481 e. The molecule has 0 radical (unpaired) electrons. The minimum atomic E-state index is -0.815. The van der Waals surface area contributed by atoms with Gasteiger partial charge in [0.1, 0.15) is 5.82 Å². The first-order valence-corrected chi connectivity index (χ1v) is 10.1. The van der Waals surface area contributed by atoms with Gasteiger partial charge in [-0.1, -0.05) is 12.1 Å². The summed E-state index contributed by atoms with van der Waals surface area (Å²) >= 11 is 0. The molecule has 1 unspecified atom stereocenters. The summed E-state index contributed by atoms with van der Waals surface area (Å²) in [7, 11) is 0. The lowest BCUT2D eigenvalue weighted by Crippen LogP contribution is -2.41. The van der Waals surface area contributed by atoms with Gasteiger partial charge in [0, 0.05) is 19.6 Å². The lowest BCUT2D eigenvalue weighted by Gasteiger charge is -2.28. The number of carbonyl (C=O) groups excluding carboxylic acids is 1. The second-order valence-corrected chi connectivity index (χ2v) is 7.80. The van der Waals surface area contributed by atoms with Gasteiger partial charge in [-0.3, -0.25) is 14.5 Å². The summed E-state index contributed by atoms with van der Waals surface area (Å²) < 4.78 is 27.6. The minimum Gasteiger partial charge on any atom is -0.481 e. The molecule has 2 aliphatic rings. The van der Waals surface area contributed by atoms with E-state index < -0.39 is 23.5 Å². The summed E-state index contributed by atoms with van der Waals surface area (Å²) in [5.74, 6) is -2.21. The molecular weight excluding hydrogens is 406 g/mol. The molecule has 1 amide bonds. The number of benzene rings is 1. The number of amides is 1. The van der Waals surface area contributed by atoms with Crippen molar-refractivity contribution in [2.24, 2.45) is 5.92 Å². The Labute approximate surface area is 178 Å². The summed E-state index contributed by atoms with van der Waals surface area (Å²) in [4.78, 5) is 34.9. The van der Waals surface area contributed by atoms with Crippen LogP contribution in [0.15, 0.2) is 36.7 Å². The highest BCUT2D eigenvalue weighted by molar-refractivity contribution is 5.80. The average Bonchev–Trinajstić information content (AvgIpc) is 3.23. The first-order chi connectivity index (χ1) is 14.9. The topological polar surface area (TPSA) is 86.6 Å². The molecule has 4 rings (SSSR count). The maximum absolute atomic E-state index is 14.6. The maximum Gasteiger partial charge on any atom is 0.307 e. The van der Waals surface area contributed by atoms with Crippen molar-refractivity contribution in [1.82, 2.24) is 19.8 Å². The van der Waals surface area contributed by atoms with E-state index >= 15 is 0 Å². The van der Waals surface area contributed by atoms with Crippen molar-refractivity contribution in [2.45, 2.75) is 12.8 Å². The van der Waals surface area contributed by atoms with Crippen molar-refractivity contribution in [1.29, 1.82) is 0 Å². The fraction of sp³-hybridized carbons (Fsp3) is 0.364. The van der Waals surface area contributed by atoms with Gasteiger partial charge in [0.2, 0.25) is 5.91 Å². The van der Waals surface area contributed by atoms with Gasteiger partial charge in [0.05, 0.1) is 30.4 Å². The molecule has 0 spiro atoms. The molecule has 0 bridgehead atoms. The van der Waals surface area contributed by atoms with E-state index in [0.29, 0.717) is 39.0 Å². The van der Waals surface area contributed by atoms with Crippen LogP contribution >= 0.6 is 0 Å². The van der Waals surface area contributed by atoms with E-state index in [0.717, 1.165) is 23.5 Å². The molecule has 1 saturated heterocycles. The lowest BCUT2D eigenvalue weighted by atomic mass is 9.98. The first kappa shape index (κ1) is 21.0. The predicted molar refractivity (Wildman–Crippen MR) is 109 cm³/mol. The van der Waals surface area contributed by atoms with E-state index in [-0.39, 0.29) is 23.8 Å². The van der Waals surface area contributed by atoms with Crippen LogP contribution in [0.25, 0.3) is 17.0 Å². The zero-order valence-corrected chi connectivity index (χ0v) is 16.8. The standard InChI is InChI=1S/C22H22F2N4O3/c23-17-10-25-21(26-11-17)18-2-1-15(9-19(18)24)14-4-7-28(8-5-14)20(29)13-27-6-3-16(12-27)22(30)31/h1-2,4,9-11,16H,3,5-8,12-13H2,(H,30,31). The van der Waals surface area contributed by atoms with Gasteiger partial charge in [0.25, 0.3) is 0 Å². The van der Waals surface area contributed by atoms with Crippen molar-refractivity contribution in [3.8, 4) is 11.4 Å². The molecule has 1 fully saturated rings. The fourth-order valence-corrected chi connectivity index (χ4v) is 3.97.